The Morgan fingerprint density at radius 3 is 2.13 bits per heavy atom. The number of ether oxygens (including phenoxy) is 2. The highest BCUT2D eigenvalue weighted by molar-refractivity contribution is 9.09. The Bertz CT molecular complexity index is 184. The smallest absolute Gasteiger partial charge is 0.181 e. The molecule has 90 valence electrons. The summed E-state index contributed by atoms with van der Waals surface area (Å²) in [6, 6.07) is 0. The number of hydrogen-bond donors (Lipinski definition) is 0. The maximum Gasteiger partial charge on any atom is 0.181 e. The van der Waals surface area contributed by atoms with E-state index in [-0.39, 0.29) is 17.0 Å². The van der Waals surface area contributed by atoms with Crippen molar-refractivity contribution < 1.29 is 9.47 Å². The first-order chi connectivity index (χ1) is 7.02. The molecular formula is C12H23BrO2. The van der Waals surface area contributed by atoms with Gasteiger partial charge < -0.3 is 9.47 Å². The van der Waals surface area contributed by atoms with Crippen LogP contribution in [0.4, 0.5) is 0 Å². The molecule has 0 aromatic carbocycles. The minimum atomic E-state index is -0.395. The fraction of sp³-hybridized carbons (Fsp3) is 1.00. The van der Waals surface area contributed by atoms with Crippen LogP contribution in [0, 0.1) is 0 Å². The van der Waals surface area contributed by atoms with Crippen LogP contribution in [0.25, 0.3) is 0 Å². The first kappa shape index (κ1) is 13.5. The third kappa shape index (κ3) is 3.18. The molecule has 2 nitrogen and oxygen atoms in total. The zero-order valence-electron chi connectivity index (χ0n) is 10.3. The molecule has 3 heteroatoms. The summed E-state index contributed by atoms with van der Waals surface area (Å²) < 4.78 is 12.0. The molecule has 0 spiro atoms. The van der Waals surface area contributed by atoms with Crippen LogP contribution in [0.3, 0.4) is 0 Å². The van der Waals surface area contributed by atoms with E-state index in [0.29, 0.717) is 0 Å². The molecule has 1 fully saturated rings. The van der Waals surface area contributed by atoms with Gasteiger partial charge in [-0.2, -0.15) is 0 Å². The number of alkyl halides is 1. The van der Waals surface area contributed by atoms with Gasteiger partial charge in [0.15, 0.2) is 5.79 Å². The van der Waals surface area contributed by atoms with Crippen molar-refractivity contribution in [3.05, 3.63) is 0 Å². The van der Waals surface area contributed by atoms with Crippen molar-refractivity contribution in [3.8, 4) is 0 Å². The standard InChI is InChI=1S/C12H23BrO2/c1-5-6-7-8-12(11(4)13)14-9(2)10(3)15-12/h9-11H,5-8H2,1-4H3/t9-,10-,11?/m0/s1. The van der Waals surface area contributed by atoms with Crippen LogP contribution >= 0.6 is 15.9 Å². The fourth-order valence-electron chi connectivity index (χ4n) is 1.97. The van der Waals surface area contributed by atoms with Crippen molar-refractivity contribution >= 4 is 15.9 Å². The Balaban J connectivity index is 2.56. The summed E-state index contributed by atoms with van der Waals surface area (Å²) in [5, 5.41) is 0. The summed E-state index contributed by atoms with van der Waals surface area (Å²) in [5.74, 6) is -0.395. The highest BCUT2D eigenvalue weighted by Crippen LogP contribution is 2.38. The quantitative estimate of drug-likeness (QED) is 0.562. The first-order valence-electron chi connectivity index (χ1n) is 6.01. The van der Waals surface area contributed by atoms with E-state index in [1.54, 1.807) is 0 Å². The molecule has 0 N–H and O–H groups in total. The Hall–Kier alpha value is 0.400. The lowest BCUT2D eigenvalue weighted by atomic mass is 10.1. The van der Waals surface area contributed by atoms with Crippen LogP contribution in [-0.2, 0) is 9.47 Å². The minimum absolute atomic E-state index is 0.201. The molecule has 1 aliphatic heterocycles. The molecule has 0 aliphatic carbocycles. The van der Waals surface area contributed by atoms with E-state index in [0.717, 1.165) is 6.42 Å². The predicted octanol–water partition coefficient (Wildman–Crippen LogP) is 3.87. The number of halogens is 1. The Morgan fingerprint density at radius 1 is 1.20 bits per heavy atom. The molecule has 0 aromatic rings. The second-order valence-electron chi connectivity index (χ2n) is 4.53. The van der Waals surface area contributed by atoms with Gasteiger partial charge in [0.05, 0.1) is 17.0 Å². The van der Waals surface area contributed by atoms with Crippen LogP contribution in [0.2, 0.25) is 0 Å². The molecule has 1 heterocycles. The van der Waals surface area contributed by atoms with Gasteiger partial charge in [0.1, 0.15) is 0 Å². The molecule has 1 unspecified atom stereocenters. The normalized spacial score (nSPS) is 31.8. The van der Waals surface area contributed by atoms with E-state index in [1.165, 1.54) is 19.3 Å². The molecule has 0 saturated carbocycles. The molecule has 0 bridgehead atoms. The summed E-state index contributed by atoms with van der Waals surface area (Å²) in [7, 11) is 0. The van der Waals surface area contributed by atoms with Gasteiger partial charge in [-0.15, -0.1) is 0 Å². The largest absolute Gasteiger partial charge is 0.343 e. The van der Waals surface area contributed by atoms with Crippen LogP contribution in [0.15, 0.2) is 0 Å². The monoisotopic (exact) mass is 278 g/mol. The summed E-state index contributed by atoms with van der Waals surface area (Å²) >= 11 is 3.62. The van der Waals surface area contributed by atoms with Gasteiger partial charge in [-0.3, -0.25) is 0 Å². The zero-order valence-corrected chi connectivity index (χ0v) is 11.8. The molecule has 3 atom stereocenters. The number of rotatable bonds is 5. The van der Waals surface area contributed by atoms with Crippen molar-refractivity contribution in [3.63, 3.8) is 0 Å². The number of hydrogen-bond acceptors (Lipinski definition) is 2. The summed E-state index contributed by atoms with van der Waals surface area (Å²) in [5.41, 5.74) is 0. The first-order valence-corrected chi connectivity index (χ1v) is 6.93. The zero-order chi connectivity index (χ0) is 11.5. The minimum Gasteiger partial charge on any atom is -0.343 e. The van der Waals surface area contributed by atoms with Gasteiger partial charge in [-0.1, -0.05) is 35.7 Å². The topological polar surface area (TPSA) is 18.5 Å². The molecule has 15 heavy (non-hydrogen) atoms. The summed E-state index contributed by atoms with van der Waals surface area (Å²) in [4.78, 5) is 0.245. The van der Waals surface area contributed by atoms with Crippen LogP contribution < -0.4 is 0 Å². The van der Waals surface area contributed by atoms with Gasteiger partial charge >= 0.3 is 0 Å². The maximum atomic E-state index is 6.00. The van der Waals surface area contributed by atoms with E-state index in [4.69, 9.17) is 9.47 Å². The average molecular weight is 279 g/mol. The van der Waals surface area contributed by atoms with Gasteiger partial charge in [0.25, 0.3) is 0 Å². The molecule has 0 amide bonds. The van der Waals surface area contributed by atoms with Crippen molar-refractivity contribution in [1.29, 1.82) is 0 Å². The highest BCUT2D eigenvalue weighted by Gasteiger charge is 2.46. The fourth-order valence-corrected chi connectivity index (χ4v) is 2.42. The van der Waals surface area contributed by atoms with Gasteiger partial charge in [0.2, 0.25) is 0 Å². The van der Waals surface area contributed by atoms with E-state index in [9.17, 15) is 0 Å². The SMILES string of the molecule is CCCCCC1(C(C)Br)O[C@@H](C)[C@H](C)O1. The third-order valence-corrected chi connectivity index (χ3v) is 3.86. The highest BCUT2D eigenvalue weighted by atomic mass is 79.9. The lowest BCUT2D eigenvalue weighted by Crippen LogP contribution is -2.39. The van der Waals surface area contributed by atoms with Crippen molar-refractivity contribution in [2.75, 3.05) is 0 Å². The predicted molar refractivity (Wildman–Crippen MR) is 66.4 cm³/mol. The van der Waals surface area contributed by atoms with E-state index < -0.39 is 5.79 Å². The van der Waals surface area contributed by atoms with E-state index in [2.05, 4.69) is 43.6 Å². The van der Waals surface area contributed by atoms with Gasteiger partial charge in [0, 0.05) is 6.42 Å². The second kappa shape index (κ2) is 5.65. The number of unbranched alkanes of at least 4 members (excludes halogenated alkanes) is 2. The second-order valence-corrected chi connectivity index (χ2v) is 5.90. The van der Waals surface area contributed by atoms with Crippen molar-refractivity contribution in [1.82, 2.24) is 0 Å². The molecule has 0 radical (unpaired) electrons. The molecular weight excluding hydrogens is 256 g/mol. The lowest BCUT2D eigenvalue weighted by Gasteiger charge is -2.31. The van der Waals surface area contributed by atoms with Crippen molar-refractivity contribution in [2.24, 2.45) is 0 Å². The van der Waals surface area contributed by atoms with Crippen molar-refractivity contribution in [2.45, 2.75) is 76.2 Å². The molecule has 1 aliphatic rings. The van der Waals surface area contributed by atoms with Crippen LogP contribution in [0.1, 0.15) is 53.4 Å². The molecule has 1 rings (SSSR count). The van der Waals surface area contributed by atoms with E-state index >= 15 is 0 Å². The Labute approximate surface area is 102 Å². The Morgan fingerprint density at radius 2 is 1.73 bits per heavy atom. The molecule has 1 saturated heterocycles. The summed E-state index contributed by atoms with van der Waals surface area (Å²) in [6.07, 6.45) is 5.04. The van der Waals surface area contributed by atoms with Crippen LogP contribution in [-0.4, -0.2) is 22.8 Å². The van der Waals surface area contributed by atoms with Gasteiger partial charge in [-0.25, -0.2) is 0 Å². The van der Waals surface area contributed by atoms with E-state index in [1.807, 2.05) is 0 Å². The average Bonchev–Trinajstić information content (AvgIpc) is 2.44. The van der Waals surface area contributed by atoms with Gasteiger partial charge in [-0.05, 0) is 27.2 Å². The third-order valence-electron chi connectivity index (χ3n) is 3.17. The lowest BCUT2D eigenvalue weighted by molar-refractivity contribution is -0.174. The summed E-state index contributed by atoms with van der Waals surface area (Å²) in [6.45, 7) is 8.49. The maximum absolute atomic E-state index is 6.00. The Kier molecular flexibility index (Phi) is 5.07. The van der Waals surface area contributed by atoms with Crippen LogP contribution in [0.5, 0.6) is 0 Å². The molecule has 0 aromatic heterocycles.